The Kier molecular flexibility index (Phi) is 5.70. The number of piperidine rings is 1. The van der Waals surface area contributed by atoms with Crippen molar-refractivity contribution < 1.29 is 14.0 Å². The van der Waals surface area contributed by atoms with Crippen molar-refractivity contribution in [1.82, 2.24) is 19.8 Å². The van der Waals surface area contributed by atoms with E-state index in [4.69, 9.17) is 11.5 Å². The van der Waals surface area contributed by atoms with Gasteiger partial charge >= 0.3 is 0 Å². The van der Waals surface area contributed by atoms with Gasteiger partial charge in [0.1, 0.15) is 17.2 Å². The van der Waals surface area contributed by atoms with E-state index in [9.17, 15) is 14.0 Å². The third-order valence-corrected chi connectivity index (χ3v) is 7.02. The van der Waals surface area contributed by atoms with E-state index in [0.717, 1.165) is 50.5 Å². The van der Waals surface area contributed by atoms with Crippen LogP contribution in [0.1, 0.15) is 42.4 Å². The summed E-state index contributed by atoms with van der Waals surface area (Å²) >= 11 is 0. The summed E-state index contributed by atoms with van der Waals surface area (Å²) in [5.41, 5.74) is 12.9. The number of benzene rings is 1. The lowest BCUT2D eigenvalue weighted by Crippen LogP contribution is -2.41. The fraction of sp³-hybridized carbons (Fsp3) is 0.522. The van der Waals surface area contributed by atoms with Crippen molar-refractivity contribution in [2.24, 2.45) is 28.7 Å². The van der Waals surface area contributed by atoms with Crippen LogP contribution in [-0.2, 0) is 4.79 Å². The van der Waals surface area contributed by atoms with Crippen molar-refractivity contribution in [3.8, 4) is 0 Å². The number of aromatic amines is 1. The number of nitrogens with zero attached hydrogens (tertiary/aromatic N) is 3. The maximum atomic E-state index is 13.9. The second kappa shape index (κ2) is 8.20. The Balaban J connectivity index is 1.47. The number of nitrogens with one attached hydrogen (secondary N) is 1. The Morgan fingerprint density at radius 3 is 2.62 bits per heavy atom. The van der Waals surface area contributed by atoms with E-state index in [2.05, 4.69) is 21.8 Å². The second-order valence-corrected chi connectivity index (χ2v) is 9.58. The monoisotopic (exact) mass is 442 g/mol. The molecule has 1 aromatic heterocycles. The van der Waals surface area contributed by atoms with Gasteiger partial charge in [0, 0.05) is 38.3 Å². The number of carbonyl (C=O) groups excluding carboxylic acids is 2. The predicted octanol–water partition coefficient (Wildman–Crippen LogP) is 1.93. The maximum Gasteiger partial charge on any atom is 0.251 e. The third-order valence-electron chi connectivity index (χ3n) is 7.02. The SMILES string of the molecule is CN(C)C(=O)C1CC1CN1CCC(C)(C(=CN)c2nc3c(C(N)=O)cc(F)cc3[nH]2)CC1. The van der Waals surface area contributed by atoms with E-state index in [-0.39, 0.29) is 22.8 Å². The van der Waals surface area contributed by atoms with E-state index in [1.54, 1.807) is 11.1 Å². The van der Waals surface area contributed by atoms with Crippen molar-refractivity contribution in [1.29, 1.82) is 0 Å². The molecule has 32 heavy (non-hydrogen) atoms. The average molecular weight is 443 g/mol. The number of primary amides is 1. The zero-order chi connectivity index (χ0) is 23.2. The van der Waals surface area contributed by atoms with Crippen LogP contribution >= 0.6 is 0 Å². The number of rotatable bonds is 6. The molecular formula is C23H31FN6O2. The van der Waals surface area contributed by atoms with Gasteiger partial charge in [-0.1, -0.05) is 6.92 Å². The number of amides is 2. The summed E-state index contributed by atoms with van der Waals surface area (Å²) in [5.74, 6) is 0.0820. The molecule has 1 aliphatic heterocycles. The number of likely N-dealkylation sites (tertiary alicyclic amines) is 1. The van der Waals surface area contributed by atoms with Gasteiger partial charge in [-0.25, -0.2) is 9.37 Å². The third kappa shape index (κ3) is 4.09. The van der Waals surface area contributed by atoms with Crippen LogP contribution in [0, 0.1) is 23.1 Å². The molecule has 1 saturated carbocycles. The molecule has 5 N–H and O–H groups in total. The highest BCUT2D eigenvalue weighted by molar-refractivity contribution is 6.04. The van der Waals surface area contributed by atoms with E-state index >= 15 is 0 Å². The normalized spacial score (nSPS) is 23.3. The molecule has 2 aliphatic rings. The van der Waals surface area contributed by atoms with Crippen LogP contribution in [0.5, 0.6) is 0 Å². The number of hydrogen-bond acceptors (Lipinski definition) is 5. The molecule has 0 spiro atoms. The first-order valence-electron chi connectivity index (χ1n) is 11.0. The Labute approximate surface area is 186 Å². The number of aromatic nitrogens is 2. The predicted molar refractivity (Wildman–Crippen MR) is 121 cm³/mol. The minimum absolute atomic E-state index is 0.0464. The first-order chi connectivity index (χ1) is 15.1. The first-order valence-corrected chi connectivity index (χ1v) is 11.0. The minimum atomic E-state index is -0.725. The van der Waals surface area contributed by atoms with Crippen molar-refractivity contribution in [3.05, 3.63) is 35.5 Å². The van der Waals surface area contributed by atoms with Gasteiger partial charge in [0.15, 0.2) is 0 Å². The van der Waals surface area contributed by atoms with Gasteiger partial charge in [-0.05, 0) is 55.8 Å². The second-order valence-electron chi connectivity index (χ2n) is 9.58. The lowest BCUT2D eigenvalue weighted by molar-refractivity contribution is -0.130. The number of carbonyl (C=O) groups is 2. The lowest BCUT2D eigenvalue weighted by atomic mass is 9.74. The van der Waals surface area contributed by atoms with Crippen LogP contribution in [0.4, 0.5) is 4.39 Å². The fourth-order valence-electron chi connectivity index (χ4n) is 4.88. The van der Waals surface area contributed by atoms with Gasteiger partial charge in [-0.2, -0.15) is 0 Å². The number of allylic oxidation sites excluding steroid dienone is 1. The Hall–Kier alpha value is -2.94. The maximum absolute atomic E-state index is 13.9. The molecule has 0 bridgehead atoms. The number of fused-ring (bicyclic) bond motifs is 1. The van der Waals surface area contributed by atoms with Gasteiger partial charge in [0.25, 0.3) is 5.91 Å². The standard InChI is InChI=1S/C23H31FN6O2/c1-23(4-6-30(7-5-23)12-13-8-15(13)22(32)29(2)3)17(11-25)21-27-18-10-14(24)9-16(20(26)31)19(18)28-21/h9-11,13,15H,4-8,12,25H2,1-3H3,(H2,26,31)(H,27,28). The summed E-state index contributed by atoms with van der Waals surface area (Å²) in [5, 5.41) is 0. The van der Waals surface area contributed by atoms with Crippen LogP contribution in [0.3, 0.4) is 0 Å². The van der Waals surface area contributed by atoms with E-state index in [0.29, 0.717) is 22.8 Å². The lowest BCUT2D eigenvalue weighted by Gasteiger charge is -2.40. The molecule has 172 valence electrons. The highest BCUT2D eigenvalue weighted by atomic mass is 19.1. The molecule has 1 saturated heterocycles. The molecular weight excluding hydrogens is 411 g/mol. The van der Waals surface area contributed by atoms with Gasteiger partial charge in [0.05, 0.1) is 11.1 Å². The van der Waals surface area contributed by atoms with Crippen LogP contribution in [0.15, 0.2) is 18.3 Å². The molecule has 2 amide bonds. The van der Waals surface area contributed by atoms with Crippen LogP contribution in [0.25, 0.3) is 16.6 Å². The van der Waals surface area contributed by atoms with Crippen LogP contribution < -0.4 is 11.5 Å². The van der Waals surface area contributed by atoms with Crippen molar-refractivity contribution >= 4 is 28.4 Å². The molecule has 2 heterocycles. The summed E-state index contributed by atoms with van der Waals surface area (Å²) < 4.78 is 13.9. The average Bonchev–Trinajstić information content (AvgIpc) is 3.37. The Morgan fingerprint density at radius 1 is 1.34 bits per heavy atom. The quantitative estimate of drug-likeness (QED) is 0.631. The molecule has 2 fully saturated rings. The number of nitrogens with two attached hydrogens (primary N) is 2. The van der Waals surface area contributed by atoms with Crippen molar-refractivity contribution in [2.45, 2.75) is 26.2 Å². The zero-order valence-electron chi connectivity index (χ0n) is 18.8. The summed E-state index contributed by atoms with van der Waals surface area (Å²) in [4.78, 5) is 35.7. The highest BCUT2D eigenvalue weighted by Gasteiger charge is 2.45. The number of halogens is 1. The van der Waals surface area contributed by atoms with Gasteiger partial charge in [-0.3, -0.25) is 9.59 Å². The summed E-state index contributed by atoms with van der Waals surface area (Å²) in [6, 6.07) is 2.41. The zero-order valence-corrected chi connectivity index (χ0v) is 18.8. The first kappa shape index (κ1) is 22.3. The molecule has 9 heteroatoms. The molecule has 2 unspecified atom stereocenters. The molecule has 0 radical (unpaired) electrons. The molecule has 2 atom stereocenters. The van der Waals surface area contributed by atoms with Crippen LogP contribution in [-0.4, -0.2) is 65.3 Å². The van der Waals surface area contributed by atoms with Crippen molar-refractivity contribution in [2.75, 3.05) is 33.7 Å². The Morgan fingerprint density at radius 2 is 2.03 bits per heavy atom. The Bertz CT molecular complexity index is 1080. The number of H-pyrrole nitrogens is 1. The van der Waals surface area contributed by atoms with Gasteiger partial charge in [-0.15, -0.1) is 0 Å². The van der Waals surface area contributed by atoms with Crippen LogP contribution in [0.2, 0.25) is 0 Å². The van der Waals surface area contributed by atoms with E-state index in [1.165, 1.54) is 6.07 Å². The van der Waals surface area contributed by atoms with E-state index < -0.39 is 11.7 Å². The molecule has 1 aromatic carbocycles. The van der Waals surface area contributed by atoms with Gasteiger partial charge < -0.3 is 26.3 Å². The molecule has 2 aromatic rings. The summed E-state index contributed by atoms with van der Waals surface area (Å²) in [7, 11) is 3.62. The topological polar surface area (TPSA) is 121 Å². The van der Waals surface area contributed by atoms with Gasteiger partial charge in [0.2, 0.25) is 5.91 Å². The summed E-state index contributed by atoms with van der Waals surface area (Å²) in [6.45, 7) is 4.89. The molecule has 1 aliphatic carbocycles. The fourth-order valence-corrected chi connectivity index (χ4v) is 4.88. The van der Waals surface area contributed by atoms with Crippen molar-refractivity contribution in [3.63, 3.8) is 0 Å². The molecule has 4 rings (SSSR count). The van der Waals surface area contributed by atoms with E-state index in [1.807, 2.05) is 14.1 Å². The minimum Gasteiger partial charge on any atom is -0.404 e. The highest BCUT2D eigenvalue weighted by Crippen LogP contribution is 2.45. The largest absolute Gasteiger partial charge is 0.404 e. The molecule has 8 nitrogen and oxygen atoms in total. The smallest absolute Gasteiger partial charge is 0.251 e. The number of imidazole rings is 1. The summed E-state index contributed by atoms with van der Waals surface area (Å²) in [6.07, 6.45) is 4.28. The number of hydrogen-bond donors (Lipinski definition) is 3.